The summed E-state index contributed by atoms with van der Waals surface area (Å²) in [7, 11) is -3.92. The molecule has 1 aliphatic rings. The maximum Gasteiger partial charge on any atom is 0.317 e. The van der Waals surface area contributed by atoms with E-state index >= 15 is 0 Å². The topological polar surface area (TPSA) is 99.3 Å². The standard InChI is InChI=1S/C19H17FN6O2S/c20-13-7-11-25(12-8-13)17-15-3-1-2-4-16(15)26-18(22-17)19(23-24-26)29(27,28)14-5-9-21-10-6-14/h1-6,9-10,13H,7-8,11-12H2. The lowest BCUT2D eigenvalue weighted by molar-refractivity contribution is 0.277. The van der Waals surface area contributed by atoms with Gasteiger partial charge in [0.05, 0.1) is 5.52 Å². The molecule has 4 aromatic rings. The van der Waals surface area contributed by atoms with Crippen LogP contribution < -0.4 is 4.90 Å². The Balaban J connectivity index is 1.74. The van der Waals surface area contributed by atoms with Crippen LogP contribution in [0.3, 0.4) is 0 Å². The number of aromatic nitrogens is 5. The third kappa shape index (κ3) is 2.95. The van der Waals surface area contributed by atoms with Crippen LogP contribution in [0.1, 0.15) is 12.8 Å². The van der Waals surface area contributed by atoms with Crippen LogP contribution in [0.15, 0.2) is 58.7 Å². The molecule has 0 radical (unpaired) electrons. The second-order valence-corrected chi connectivity index (χ2v) is 8.80. The lowest BCUT2D eigenvalue weighted by Gasteiger charge is -2.30. The highest BCUT2D eigenvalue weighted by Crippen LogP contribution is 2.32. The SMILES string of the molecule is O=[S+]([O-])(c1ccncc1)c1nnn2c1nc(N1CCC(F)CC1)c1ccccc12. The van der Waals surface area contributed by atoms with Crippen molar-refractivity contribution in [1.82, 2.24) is 24.8 Å². The van der Waals surface area contributed by atoms with E-state index in [1.807, 2.05) is 29.2 Å². The molecule has 0 aliphatic carbocycles. The molecule has 0 bridgehead atoms. The van der Waals surface area contributed by atoms with Crippen molar-refractivity contribution in [2.45, 2.75) is 28.9 Å². The zero-order chi connectivity index (χ0) is 20.0. The summed E-state index contributed by atoms with van der Waals surface area (Å²) in [6.45, 7) is 1.03. The number of pyridine rings is 1. The van der Waals surface area contributed by atoms with Crippen molar-refractivity contribution in [3.05, 3.63) is 48.8 Å². The van der Waals surface area contributed by atoms with E-state index in [-0.39, 0.29) is 15.6 Å². The van der Waals surface area contributed by atoms with Gasteiger partial charge < -0.3 is 9.45 Å². The van der Waals surface area contributed by atoms with Crippen LogP contribution in [-0.4, -0.2) is 48.6 Å². The Labute approximate surface area is 166 Å². The van der Waals surface area contributed by atoms with Gasteiger partial charge in [0.1, 0.15) is 22.2 Å². The molecular formula is C19H17FN6O2S. The summed E-state index contributed by atoms with van der Waals surface area (Å²) in [6, 6.07) is 10.3. The fourth-order valence-corrected chi connectivity index (χ4v) is 4.85. The van der Waals surface area contributed by atoms with Gasteiger partial charge in [0.25, 0.3) is 0 Å². The summed E-state index contributed by atoms with van der Waals surface area (Å²) in [5.41, 5.74) is 0.844. The first-order valence-corrected chi connectivity index (χ1v) is 10.7. The normalized spacial score (nSPS) is 17.7. The summed E-state index contributed by atoms with van der Waals surface area (Å²) in [5, 5.41) is 8.63. The van der Waals surface area contributed by atoms with Gasteiger partial charge >= 0.3 is 5.03 Å². The quantitative estimate of drug-likeness (QED) is 0.477. The summed E-state index contributed by atoms with van der Waals surface area (Å²) in [4.78, 5) is 10.6. The maximum absolute atomic E-state index is 13.6. The molecule has 1 fully saturated rings. The molecule has 0 amide bonds. The molecule has 3 aromatic heterocycles. The lowest BCUT2D eigenvalue weighted by atomic mass is 10.1. The molecule has 0 N–H and O–H groups in total. The zero-order valence-electron chi connectivity index (χ0n) is 15.3. The molecule has 10 heteroatoms. The maximum atomic E-state index is 13.6. The predicted octanol–water partition coefficient (Wildman–Crippen LogP) is 2.66. The van der Waals surface area contributed by atoms with Gasteiger partial charge in [0.2, 0.25) is 5.65 Å². The number of benzene rings is 1. The van der Waals surface area contributed by atoms with Crippen LogP contribution in [-0.2, 0) is 14.4 Å². The number of nitrogens with zero attached hydrogens (tertiary/aromatic N) is 6. The number of sulfone groups is 1. The number of para-hydroxylation sites is 1. The number of alkyl halides is 1. The van der Waals surface area contributed by atoms with E-state index in [9.17, 15) is 13.2 Å². The van der Waals surface area contributed by atoms with Gasteiger partial charge in [-0.2, -0.15) is 4.52 Å². The molecule has 1 atom stereocenters. The minimum atomic E-state index is -3.92. The third-order valence-electron chi connectivity index (χ3n) is 5.14. The van der Waals surface area contributed by atoms with E-state index in [0.29, 0.717) is 37.3 Å². The number of piperidine rings is 1. The van der Waals surface area contributed by atoms with Gasteiger partial charge in [-0.25, -0.2) is 9.37 Å². The van der Waals surface area contributed by atoms with Crippen molar-refractivity contribution in [3.8, 4) is 0 Å². The summed E-state index contributed by atoms with van der Waals surface area (Å²) >= 11 is 0. The van der Waals surface area contributed by atoms with Gasteiger partial charge in [-0.1, -0.05) is 26.7 Å². The van der Waals surface area contributed by atoms with E-state index in [1.165, 1.54) is 29.0 Å². The second-order valence-electron chi connectivity index (χ2n) is 6.93. The molecule has 5 rings (SSSR count). The van der Waals surface area contributed by atoms with Gasteiger partial charge in [0.15, 0.2) is 4.90 Å². The number of halogens is 1. The van der Waals surface area contributed by atoms with Gasteiger partial charge in [-0.15, -0.1) is 0 Å². The Morgan fingerprint density at radius 2 is 1.83 bits per heavy atom. The van der Waals surface area contributed by atoms with Crippen molar-refractivity contribution in [1.29, 1.82) is 0 Å². The Morgan fingerprint density at radius 1 is 1.10 bits per heavy atom. The smallest absolute Gasteiger partial charge is 0.317 e. The van der Waals surface area contributed by atoms with E-state index in [2.05, 4.69) is 20.3 Å². The van der Waals surface area contributed by atoms with Crippen molar-refractivity contribution < 1.29 is 13.2 Å². The van der Waals surface area contributed by atoms with Crippen molar-refractivity contribution >= 4 is 32.6 Å². The first-order valence-electron chi connectivity index (χ1n) is 9.24. The van der Waals surface area contributed by atoms with Crippen molar-refractivity contribution in [3.63, 3.8) is 0 Å². The Bertz CT molecular complexity index is 1240. The average molecular weight is 412 g/mol. The number of hydrogen-bond donors (Lipinski definition) is 0. The van der Waals surface area contributed by atoms with Crippen LogP contribution in [0.25, 0.3) is 16.6 Å². The van der Waals surface area contributed by atoms with E-state index in [0.717, 1.165) is 5.39 Å². The fourth-order valence-electron chi connectivity index (χ4n) is 3.63. The molecule has 1 saturated heterocycles. The molecule has 1 aromatic carbocycles. The van der Waals surface area contributed by atoms with Crippen molar-refractivity contribution in [2.24, 2.45) is 0 Å². The summed E-state index contributed by atoms with van der Waals surface area (Å²) < 4.78 is 41.3. The molecule has 8 nitrogen and oxygen atoms in total. The molecule has 1 aliphatic heterocycles. The lowest BCUT2D eigenvalue weighted by Crippen LogP contribution is -2.35. The first-order chi connectivity index (χ1) is 14.1. The highest BCUT2D eigenvalue weighted by Gasteiger charge is 2.33. The molecular weight excluding hydrogens is 395 g/mol. The molecule has 0 saturated carbocycles. The zero-order valence-corrected chi connectivity index (χ0v) is 16.1. The molecule has 0 spiro atoms. The summed E-state index contributed by atoms with van der Waals surface area (Å²) in [5.74, 6) is 0.619. The molecule has 4 heterocycles. The number of rotatable bonds is 3. The summed E-state index contributed by atoms with van der Waals surface area (Å²) in [6.07, 6.45) is 2.84. The fraction of sp³-hybridized carbons (Fsp3) is 0.263. The minimum Gasteiger partial charge on any atom is -0.604 e. The van der Waals surface area contributed by atoms with Gasteiger partial charge in [-0.05, 0) is 25.0 Å². The molecule has 148 valence electrons. The van der Waals surface area contributed by atoms with Crippen LogP contribution in [0.4, 0.5) is 10.2 Å². The number of hydrogen-bond acceptors (Lipinski definition) is 7. The minimum absolute atomic E-state index is 0.0738. The Morgan fingerprint density at radius 3 is 2.59 bits per heavy atom. The van der Waals surface area contributed by atoms with Crippen LogP contribution in [0.5, 0.6) is 0 Å². The molecule has 29 heavy (non-hydrogen) atoms. The Kier molecular flexibility index (Phi) is 4.25. The number of fused-ring (bicyclic) bond motifs is 3. The Hall–Kier alpha value is -2.98. The monoisotopic (exact) mass is 412 g/mol. The largest absolute Gasteiger partial charge is 0.604 e. The second kappa shape index (κ2) is 6.82. The van der Waals surface area contributed by atoms with E-state index in [4.69, 9.17) is 0 Å². The van der Waals surface area contributed by atoms with E-state index in [1.54, 1.807) is 0 Å². The van der Waals surface area contributed by atoms with Crippen LogP contribution in [0, 0.1) is 0 Å². The first kappa shape index (κ1) is 18.1. The highest BCUT2D eigenvalue weighted by molar-refractivity contribution is 7.97. The predicted molar refractivity (Wildman–Crippen MR) is 104 cm³/mol. The molecule has 1 unspecified atom stereocenters. The number of anilines is 1. The van der Waals surface area contributed by atoms with Crippen molar-refractivity contribution in [2.75, 3.05) is 18.0 Å². The average Bonchev–Trinajstić information content (AvgIpc) is 3.20. The van der Waals surface area contributed by atoms with Gasteiger partial charge in [0, 0.05) is 43.0 Å². The van der Waals surface area contributed by atoms with Crippen LogP contribution >= 0.6 is 0 Å². The highest BCUT2D eigenvalue weighted by atomic mass is 32.3. The van der Waals surface area contributed by atoms with Gasteiger partial charge in [-0.3, -0.25) is 4.98 Å². The van der Waals surface area contributed by atoms with E-state index < -0.39 is 16.4 Å². The third-order valence-corrected chi connectivity index (χ3v) is 6.81. The van der Waals surface area contributed by atoms with Crippen LogP contribution in [0.2, 0.25) is 0 Å².